The standard InChI is InChI=1S/C24H27F3N2O6S/c1-16(18-9-5-3-6-10-18)29(23(31)24(25,26)27)15-19-13-14-21(22(35-19)34-17(2)30)28-36(32,33)20-11-7-4-8-12-20/h3-12,16,19,21-22,28H,13-15H2,1-2H3/t16-,19+,21-,22?/m1/s1. The molecule has 3 rings (SSSR count). The van der Waals surface area contributed by atoms with Crippen LogP contribution in [0.2, 0.25) is 0 Å². The molecule has 0 spiro atoms. The molecular formula is C24H27F3N2O6S. The van der Waals surface area contributed by atoms with E-state index in [0.717, 1.165) is 6.92 Å². The highest BCUT2D eigenvalue weighted by molar-refractivity contribution is 7.89. The van der Waals surface area contributed by atoms with Crippen molar-refractivity contribution in [2.24, 2.45) is 0 Å². The summed E-state index contributed by atoms with van der Waals surface area (Å²) < 4.78 is 79.1. The van der Waals surface area contributed by atoms with Crippen molar-refractivity contribution in [1.29, 1.82) is 0 Å². The smallest absolute Gasteiger partial charge is 0.434 e. The first-order valence-electron chi connectivity index (χ1n) is 11.2. The number of nitrogens with zero attached hydrogens (tertiary/aromatic N) is 1. The summed E-state index contributed by atoms with van der Waals surface area (Å²) in [6.07, 6.45) is -7.23. The van der Waals surface area contributed by atoms with Crippen molar-refractivity contribution in [3.8, 4) is 0 Å². The molecule has 1 unspecified atom stereocenters. The molecular weight excluding hydrogens is 501 g/mol. The SMILES string of the molecule is CC(=O)OC1O[C@H](CN(C(=O)C(F)(F)F)[C@H](C)c2ccccc2)CC[C@H]1NS(=O)(=O)c1ccccc1. The second-order valence-corrected chi connectivity index (χ2v) is 10.1. The molecule has 1 aliphatic heterocycles. The molecule has 4 atom stereocenters. The van der Waals surface area contributed by atoms with Gasteiger partial charge in [-0.15, -0.1) is 0 Å². The summed E-state index contributed by atoms with van der Waals surface area (Å²) in [5, 5.41) is 0. The van der Waals surface area contributed by atoms with Crippen LogP contribution in [-0.2, 0) is 29.1 Å². The molecule has 2 aromatic carbocycles. The van der Waals surface area contributed by atoms with Gasteiger partial charge < -0.3 is 14.4 Å². The second-order valence-electron chi connectivity index (χ2n) is 8.40. The Morgan fingerprint density at radius 3 is 2.22 bits per heavy atom. The minimum Gasteiger partial charge on any atom is -0.434 e. The Kier molecular flexibility index (Phi) is 8.75. The number of rotatable bonds is 8. The normalized spacial score (nSPS) is 21.4. The largest absolute Gasteiger partial charge is 0.471 e. The molecule has 1 amide bonds. The Morgan fingerprint density at radius 1 is 1.08 bits per heavy atom. The molecule has 1 fully saturated rings. The van der Waals surface area contributed by atoms with Crippen molar-refractivity contribution in [3.05, 3.63) is 66.2 Å². The van der Waals surface area contributed by atoms with Crippen molar-refractivity contribution in [2.45, 2.75) is 62.2 Å². The van der Waals surface area contributed by atoms with Crippen LogP contribution in [0.1, 0.15) is 38.3 Å². The first-order valence-corrected chi connectivity index (χ1v) is 12.7. The van der Waals surface area contributed by atoms with Gasteiger partial charge in [0.05, 0.1) is 23.1 Å². The van der Waals surface area contributed by atoms with Crippen LogP contribution >= 0.6 is 0 Å². The van der Waals surface area contributed by atoms with E-state index in [1.807, 2.05) is 0 Å². The lowest BCUT2D eigenvalue weighted by Gasteiger charge is -2.39. The number of alkyl halides is 3. The maximum Gasteiger partial charge on any atom is 0.471 e. The molecule has 8 nitrogen and oxygen atoms in total. The second kappa shape index (κ2) is 11.4. The molecule has 0 aliphatic carbocycles. The number of halogens is 3. The Morgan fingerprint density at radius 2 is 1.67 bits per heavy atom. The van der Waals surface area contributed by atoms with Crippen LogP contribution in [0.5, 0.6) is 0 Å². The fourth-order valence-corrected chi connectivity index (χ4v) is 5.23. The van der Waals surface area contributed by atoms with Crippen LogP contribution in [0.15, 0.2) is 65.6 Å². The maximum atomic E-state index is 13.4. The molecule has 2 aromatic rings. The number of carbonyl (C=O) groups is 2. The summed E-state index contributed by atoms with van der Waals surface area (Å²) in [5.41, 5.74) is 0.496. The monoisotopic (exact) mass is 528 g/mol. The fourth-order valence-electron chi connectivity index (χ4n) is 3.95. The predicted octanol–water partition coefficient (Wildman–Crippen LogP) is 3.55. The van der Waals surface area contributed by atoms with Crippen LogP contribution < -0.4 is 4.72 Å². The van der Waals surface area contributed by atoms with Crippen molar-refractivity contribution < 1.29 is 40.7 Å². The summed E-state index contributed by atoms with van der Waals surface area (Å²) in [7, 11) is -3.99. The maximum absolute atomic E-state index is 13.4. The lowest BCUT2D eigenvalue weighted by molar-refractivity contribution is -0.215. The minimum absolute atomic E-state index is 0.00710. The van der Waals surface area contributed by atoms with Gasteiger partial charge in [-0.1, -0.05) is 48.5 Å². The first-order chi connectivity index (χ1) is 16.9. The molecule has 0 radical (unpaired) electrons. The third-order valence-corrected chi connectivity index (χ3v) is 7.26. The van der Waals surface area contributed by atoms with E-state index in [9.17, 15) is 31.2 Å². The van der Waals surface area contributed by atoms with Crippen LogP contribution in [0.4, 0.5) is 13.2 Å². The third kappa shape index (κ3) is 7.05. The lowest BCUT2D eigenvalue weighted by atomic mass is 10.0. The van der Waals surface area contributed by atoms with E-state index < -0.39 is 59.1 Å². The Balaban J connectivity index is 1.80. The van der Waals surface area contributed by atoms with Crippen molar-refractivity contribution in [2.75, 3.05) is 6.54 Å². The Labute approximate surface area is 207 Å². The molecule has 36 heavy (non-hydrogen) atoms. The van der Waals surface area contributed by atoms with Gasteiger partial charge in [0.2, 0.25) is 16.3 Å². The Bertz CT molecular complexity index is 1150. The molecule has 1 heterocycles. The quantitative estimate of drug-likeness (QED) is 0.526. The highest BCUT2D eigenvalue weighted by Crippen LogP contribution is 2.30. The van der Waals surface area contributed by atoms with E-state index in [4.69, 9.17) is 9.47 Å². The average molecular weight is 529 g/mol. The molecule has 1 saturated heterocycles. The molecule has 196 valence electrons. The first kappa shape index (κ1) is 27.6. The van der Waals surface area contributed by atoms with Crippen LogP contribution in [0, 0.1) is 0 Å². The van der Waals surface area contributed by atoms with E-state index >= 15 is 0 Å². The topological polar surface area (TPSA) is 102 Å². The van der Waals surface area contributed by atoms with Gasteiger partial charge in [-0.2, -0.15) is 13.2 Å². The zero-order valence-electron chi connectivity index (χ0n) is 19.6. The number of benzene rings is 2. The molecule has 1 N–H and O–H groups in total. The molecule has 1 aliphatic rings. The van der Waals surface area contributed by atoms with E-state index in [1.165, 1.54) is 19.1 Å². The van der Waals surface area contributed by atoms with Gasteiger partial charge in [0.25, 0.3) is 0 Å². The van der Waals surface area contributed by atoms with Gasteiger partial charge >= 0.3 is 18.1 Å². The minimum atomic E-state index is -5.11. The van der Waals surface area contributed by atoms with Gasteiger partial charge in [0.1, 0.15) is 0 Å². The zero-order valence-corrected chi connectivity index (χ0v) is 20.5. The summed E-state index contributed by atoms with van der Waals surface area (Å²) >= 11 is 0. The van der Waals surface area contributed by atoms with E-state index in [-0.39, 0.29) is 17.7 Å². The van der Waals surface area contributed by atoms with Crippen molar-refractivity contribution >= 4 is 21.9 Å². The number of hydrogen-bond acceptors (Lipinski definition) is 6. The van der Waals surface area contributed by atoms with Gasteiger partial charge in [-0.3, -0.25) is 9.59 Å². The van der Waals surface area contributed by atoms with E-state index in [0.29, 0.717) is 10.5 Å². The average Bonchev–Trinajstić information content (AvgIpc) is 2.83. The third-order valence-electron chi connectivity index (χ3n) is 5.75. The molecule has 0 saturated carbocycles. The zero-order chi connectivity index (χ0) is 26.5. The van der Waals surface area contributed by atoms with E-state index in [1.54, 1.807) is 48.5 Å². The number of ether oxygens (including phenoxy) is 2. The van der Waals surface area contributed by atoms with Gasteiger partial charge in [0.15, 0.2) is 0 Å². The van der Waals surface area contributed by atoms with Crippen LogP contribution in [0.25, 0.3) is 0 Å². The van der Waals surface area contributed by atoms with Crippen molar-refractivity contribution in [1.82, 2.24) is 9.62 Å². The Hall–Kier alpha value is -2.96. The number of sulfonamides is 1. The molecule has 0 bridgehead atoms. The number of amides is 1. The van der Waals surface area contributed by atoms with Gasteiger partial charge in [-0.25, -0.2) is 13.1 Å². The lowest BCUT2D eigenvalue weighted by Crippen LogP contribution is -2.54. The molecule has 12 heteroatoms. The summed E-state index contributed by atoms with van der Waals surface area (Å²) in [4.78, 5) is 24.6. The molecule has 0 aromatic heterocycles. The fraction of sp³-hybridized carbons (Fsp3) is 0.417. The number of hydrogen-bond donors (Lipinski definition) is 1. The predicted molar refractivity (Wildman–Crippen MR) is 123 cm³/mol. The van der Waals surface area contributed by atoms with Crippen molar-refractivity contribution in [3.63, 3.8) is 0 Å². The van der Waals surface area contributed by atoms with Gasteiger partial charge in [-0.05, 0) is 37.5 Å². The summed E-state index contributed by atoms with van der Waals surface area (Å²) in [6.45, 7) is 2.14. The highest BCUT2D eigenvalue weighted by atomic mass is 32.2. The van der Waals surface area contributed by atoms with E-state index in [2.05, 4.69) is 4.72 Å². The number of nitrogens with one attached hydrogen (secondary N) is 1. The summed E-state index contributed by atoms with van der Waals surface area (Å²) in [6, 6.07) is 13.9. The highest BCUT2D eigenvalue weighted by Gasteiger charge is 2.46. The number of esters is 1. The van der Waals surface area contributed by atoms with Gasteiger partial charge in [0, 0.05) is 13.5 Å². The summed E-state index contributed by atoms with van der Waals surface area (Å²) in [5.74, 6) is -2.79. The number of carbonyl (C=O) groups excluding carboxylic acids is 2. The van der Waals surface area contributed by atoms with Crippen LogP contribution in [-0.4, -0.2) is 56.4 Å². The van der Waals surface area contributed by atoms with Crippen LogP contribution in [0.3, 0.4) is 0 Å².